The molecule has 110 valence electrons. The number of likely N-dealkylation sites (tertiary alicyclic amines) is 1. The molecule has 5 heteroatoms. The van der Waals surface area contributed by atoms with Crippen LogP contribution in [0, 0.1) is 19.8 Å². The van der Waals surface area contributed by atoms with Gasteiger partial charge in [-0.15, -0.1) is 6.58 Å². The molecule has 20 heavy (non-hydrogen) atoms. The number of amides is 2. The van der Waals surface area contributed by atoms with Crippen molar-refractivity contribution in [2.45, 2.75) is 33.2 Å². The van der Waals surface area contributed by atoms with Crippen molar-refractivity contribution in [3.05, 3.63) is 30.1 Å². The van der Waals surface area contributed by atoms with Crippen LogP contribution in [-0.2, 0) is 6.54 Å². The maximum atomic E-state index is 11.8. The minimum atomic E-state index is 0.0227. The minimum Gasteiger partial charge on any atom is -0.335 e. The SMILES string of the molecule is C=CCNC(=O)N1CCC(Cn2nc(C)cc2C)CC1. The molecular weight excluding hydrogens is 252 g/mol. The molecule has 2 rings (SSSR count). The summed E-state index contributed by atoms with van der Waals surface area (Å²) in [6.45, 7) is 10.9. The first-order valence-electron chi connectivity index (χ1n) is 7.25. The maximum absolute atomic E-state index is 11.8. The minimum absolute atomic E-state index is 0.0227. The summed E-state index contributed by atoms with van der Waals surface area (Å²) in [5, 5.41) is 7.34. The van der Waals surface area contributed by atoms with Gasteiger partial charge in [0.25, 0.3) is 0 Å². The number of piperidine rings is 1. The van der Waals surface area contributed by atoms with Gasteiger partial charge in [-0.1, -0.05) is 6.08 Å². The van der Waals surface area contributed by atoms with E-state index in [2.05, 4.69) is 34.7 Å². The van der Waals surface area contributed by atoms with Crippen molar-refractivity contribution in [3.8, 4) is 0 Å². The Morgan fingerprint density at radius 2 is 2.20 bits per heavy atom. The monoisotopic (exact) mass is 276 g/mol. The number of aromatic nitrogens is 2. The third-order valence-corrected chi connectivity index (χ3v) is 3.83. The molecule has 1 aromatic rings. The highest BCUT2D eigenvalue weighted by Gasteiger charge is 2.23. The molecule has 1 aliphatic heterocycles. The van der Waals surface area contributed by atoms with Crippen LogP contribution < -0.4 is 5.32 Å². The Morgan fingerprint density at radius 3 is 2.75 bits per heavy atom. The third-order valence-electron chi connectivity index (χ3n) is 3.83. The van der Waals surface area contributed by atoms with Gasteiger partial charge in [-0.3, -0.25) is 4.68 Å². The molecule has 1 fully saturated rings. The third kappa shape index (κ3) is 3.62. The molecule has 0 unspecified atom stereocenters. The van der Waals surface area contributed by atoms with Gasteiger partial charge in [-0.2, -0.15) is 5.10 Å². The van der Waals surface area contributed by atoms with Gasteiger partial charge in [-0.05, 0) is 38.7 Å². The Hall–Kier alpha value is -1.78. The van der Waals surface area contributed by atoms with Crippen LogP contribution in [0.2, 0.25) is 0 Å². The molecule has 5 nitrogen and oxygen atoms in total. The van der Waals surface area contributed by atoms with Gasteiger partial charge in [-0.25, -0.2) is 4.79 Å². The zero-order valence-corrected chi connectivity index (χ0v) is 12.4. The number of nitrogens with one attached hydrogen (secondary N) is 1. The van der Waals surface area contributed by atoms with E-state index in [1.165, 1.54) is 5.69 Å². The van der Waals surface area contributed by atoms with Crippen LogP contribution in [0.5, 0.6) is 0 Å². The second-order valence-electron chi connectivity index (χ2n) is 5.51. The molecule has 0 spiro atoms. The van der Waals surface area contributed by atoms with Crippen molar-refractivity contribution in [2.75, 3.05) is 19.6 Å². The van der Waals surface area contributed by atoms with Crippen molar-refractivity contribution in [1.82, 2.24) is 20.0 Å². The van der Waals surface area contributed by atoms with E-state index >= 15 is 0 Å². The van der Waals surface area contributed by atoms with Gasteiger partial charge in [0.05, 0.1) is 5.69 Å². The van der Waals surface area contributed by atoms with E-state index in [0.29, 0.717) is 12.5 Å². The second kappa shape index (κ2) is 6.59. The zero-order valence-electron chi connectivity index (χ0n) is 12.4. The topological polar surface area (TPSA) is 50.2 Å². The standard InChI is InChI=1S/C15H24N4O/c1-4-7-16-15(20)18-8-5-14(6-9-18)11-19-13(3)10-12(2)17-19/h4,10,14H,1,5-9,11H2,2-3H3,(H,16,20). The predicted octanol–water partition coefficient (Wildman–Crippen LogP) is 2.11. The van der Waals surface area contributed by atoms with E-state index < -0.39 is 0 Å². The van der Waals surface area contributed by atoms with E-state index in [1.54, 1.807) is 6.08 Å². The summed E-state index contributed by atoms with van der Waals surface area (Å²) in [6.07, 6.45) is 3.78. The first-order valence-corrected chi connectivity index (χ1v) is 7.25. The molecule has 2 heterocycles. The number of carbonyl (C=O) groups is 1. The van der Waals surface area contributed by atoms with Crippen molar-refractivity contribution >= 4 is 6.03 Å². The normalized spacial score (nSPS) is 16.2. The lowest BCUT2D eigenvalue weighted by Gasteiger charge is -2.32. The summed E-state index contributed by atoms with van der Waals surface area (Å²) >= 11 is 0. The van der Waals surface area contributed by atoms with Crippen molar-refractivity contribution in [1.29, 1.82) is 0 Å². The van der Waals surface area contributed by atoms with E-state index in [4.69, 9.17) is 0 Å². The molecular formula is C15H24N4O. The van der Waals surface area contributed by atoms with Crippen LogP contribution in [0.1, 0.15) is 24.2 Å². The Bertz CT molecular complexity index is 472. The highest BCUT2D eigenvalue weighted by atomic mass is 16.2. The highest BCUT2D eigenvalue weighted by molar-refractivity contribution is 5.74. The summed E-state index contributed by atoms with van der Waals surface area (Å²) in [6, 6.07) is 2.13. The maximum Gasteiger partial charge on any atom is 0.317 e. The number of carbonyl (C=O) groups excluding carboxylic acids is 1. The van der Waals surface area contributed by atoms with Crippen molar-refractivity contribution < 1.29 is 4.79 Å². The van der Waals surface area contributed by atoms with E-state index in [9.17, 15) is 4.79 Å². The lowest BCUT2D eigenvalue weighted by atomic mass is 9.97. The molecule has 0 atom stereocenters. The molecule has 0 bridgehead atoms. The van der Waals surface area contributed by atoms with Gasteiger partial charge in [0.15, 0.2) is 0 Å². The molecule has 1 N–H and O–H groups in total. The number of hydrogen-bond acceptors (Lipinski definition) is 2. The molecule has 0 saturated carbocycles. The predicted molar refractivity (Wildman–Crippen MR) is 79.6 cm³/mol. The fourth-order valence-corrected chi connectivity index (χ4v) is 2.69. The molecule has 0 aromatic carbocycles. The summed E-state index contributed by atoms with van der Waals surface area (Å²) in [7, 11) is 0. The summed E-state index contributed by atoms with van der Waals surface area (Å²) in [4.78, 5) is 13.7. The van der Waals surface area contributed by atoms with Gasteiger partial charge >= 0.3 is 6.03 Å². The molecule has 2 amide bonds. The van der Waals surface area contributed by atoms with Crippen LogP contribution in [0.15, 0.2) is 18.7 Å². The van der Waals surface area contributed by atoms with Crippen LogP contribution in [0.3, 0.4) is 0 Å². The fraction of sp³-hybridized carbons (Fsp3) is 0.600. The van der Waals surface area contributed by atoms with E-state index in [-0.39, 0.29) is 6.03 Å². The van der Waals surface area contributed by atoms with Crippen molar-refractivity contribution in [3.63, 3.8) is 0 Å². The zero-order chi connectivity index (χ0) is 14.5. The number of hydrogen-bond donors (Lipinski definition) is 1. The summed E-state index contributed by atoms with van der Waals surface area (Å²) in [5.74, 6) is 0.608. The second-order valence-corrected chi connectivity index (χ2v) is 5.51. The van der Waals surface area contributed by atoms with E-state index in [0.717, 1.165) is 38.2 Å². The molecule has 0 radical (unpaired) electrons. The quantitative estimate of drug-likeness (QED) is 0.856. The molecule has 1 aromatic heterocycles. The number of aryl methyl sites for hydroxylation is 2. The number of nitrogens with zero attached hydrogens (tertiary/aromatic N) is 3. The lowest BCUT2D eigenvalue weighted by molar-refractivity contribution is 0.165. The summed E-state index contributed by atoms with van der Waals surface area (Å²) < 4.78 is 2.09. The van der Waals surface area contributed by atoms with Crippen LogP contribution >= 0.6 is 0 Å². The Morgan fingerprint density at radius 1 is 1.50 bits per heavy atom. The van der Waals surface area contributed by atoms with Crippen LogP contribution in [0.25, 0.3) is 0 Å². The lowest BCUT2D eigenvalue weighted by Crippen LogP contribution is -2.45. The van der Waals surface area contributed by atoms with E-state index in [1.807, 2.05) is 11.8 Å². The molecule has 1 aliphatic rings. The van der Waals surface area contributed by atoms with Crippen LogP contribution in [-0.4, -0.2) is 40.3 Å². The highest BCUT2D eigenvalue weighted by Crippen LogP contribution is 2.19. The average Bonchev–Trinajstić information content (AvgIpc) is 2.75. The van der Waals surface area contributed by atoms with Gasteiger partial charge < -0.3 is 10.2 Å². The fourth-order valence-electron chi connectivity index (χ4n) is 2.69. The Kier molecular flexibility index (Phi) is 4.82. The average molecular weight is 276 g/mol. The summed E-state index contributed by atoms with van der Waals surface area (Å²) in [5.41, 5.74) is 2.29. The first kappa shape index (κ1) is 14.6. The van der Waals surface area contributed by atoms with Gasteiger partial charge in [0.2, 0.25) is 0 Å². The van der Waals surface area contributed by atoms with Crippen LogP contribution in [0.4, 0.5) is 4.79 Å². The van der Waals surface area contributed by atoms with Crippen molar-refractivity contribution in [2.24, 2.45) is 5.92 Å². The largest absolute Gasteiger partial charge is 0.335 e. The smallest absolute Gasteiger partial charge is 0.317 e. The van der Waals surface area contributed by atoms with Gasteiger partial charge in [0, 0.05) is 31.9 Å². The molecule has 0 aliphatic carbocycles. The number of urea groups is 1. The Labute approximate surface area is 120 Å². The van der Waals surface area contributed by atoms with Gasteiger partial charge in [0.1, 0.15) is 0 Å². The molecule has 1 saturated heterocycles. The number of rotatable bonds is 4. The first-order chi connectivity index (χ1) is 9.60. The Balaban J connectivity index is 1.81.